The number of aryl methyl sites for hydroxylation is 2. The molecule has 32 heavy (non-hydrogen) atoms. The number of amides is 1. The summed E-state index contributed by atoms with van der Waals surface area (Å²) in [6.07, 6.45) is 0.548. The second-order valence-corrected chi connectivity index (χ2v) is 7.36. The van der Waals surface area contributed by atoms with Crippen LogP contribution < -0.4 is 10.1 Å². The van der Waals surface area contributed by atoms with E-state index in [1.807, 2.05) is 37.3 Å². The van der Waals surface area contributed by atoms with Crippen molar-refractivity contribution in [1.29, 1.82) is 0 Å². The van der Waals surface area contributed by atoms with Crippen molar-refractivity contribution in [1.82, 2.24) is 20.1 Å². The first-order chi connectivity index (χ1) is 15.4. The van der Waals surface area contributed by atoms with Gasteiger partial charge in [-0.1, -0.05) is 42.5 Å². The Balaban J connectivity index is 1.54. The largest absolute Gasteiger partial charge is 0.435 e. The summed E-state index contributed by atoms with van der Waals surface area (Å²) in [5, 5.41) is 8.10. The van der Waals surface area contributed by atoms with Gasteiger partial charge in [0, 0.05) is 19.2 Å². The number of carbonyl (C=O) groups is 1. The molecule has 0 bridgehead atoms. The number of nitrogens with zero attached hydrogens (tertiary/aromatic N) is 3. The van der Waals surface area contributed by atoms with Gasteiger partial charge in [0.1, 0.15) is 5.75 Å². The molecule has 4 aromatic rings. The number of aromatic nitrogens is 3. The van der Waals surface area contributed by atoms with Crippen LogP contribution in [0.5, 0.6) is 5.75 Å². The molecule has 1 amide bonds. The van der Waals surface area contributed by atoms with E-state index in [1.54, 1.807) is 29.9 Å². The van der Waals surface area contributed by atoms with Gasteiger partial charge in [0.05, 0.1) is 22.3 Å². The van der Waals surface area contributed by atoms with E-state index in [0.29, 0.717) is 29.9 Å². The summed E-state index contributed by atoms with van der Waals surface area (Å²) in [4.78, 5) is 17.8. The SMILES string of the molecule is Cc1nn(C)c2nc(-c3ccccc3)cc(C(=O)NCCc3ccc(OC(F)F)cc3)c12. The molecule has 2 aromatic carbocycles. The number of alkyl halides is 2. The van der Waals surface area contributed by atoms with Gasteiger partial charge in [-0.15, -0.1) is 0 Å². The van der Waals surface area contributed by atoms with E-state index in [-0.39, 0.29) is 11.7 Å². The lowest BCUT2D eigenvalue weighted by Gasteiger charge is -2.10. The van der Waals surface area contributed by atoms with Crippen LogP contribution in [0.15, 0.2) is 60.7 Å². The van der Waals surface area contributed by atoms with E-state index in [1.165, 1.54) is 12.1 Å². The number of nitrogens with one attached hydrogen (secondary N) is 1. The predicted molar refractivity (Wildman–Crippen MR) is 118 cm³/mol. The van der Waals surface area contributed by atoms with Crippen molar-refractivity contribution in [3.8, 4) is 17.0 Å². The summed E-state index contributed by atoms with van der Waals surface area (Å²) in [6, 6.07) is 17.8. The van der Waals surface area contributed by atoms with Gasteiger partial charge in [-0.3, -0.25) is 9.48 Å². The highest BCUT2D eigenvalue weighted by molar-refractivity contribution is 6.07. The molecule has 2 aromatic heterocycles. The van der Waals surface area contributed by atoms with Gasteiger partial charge in [-0.25, -0.2) is 4.98 Å². The van der Waals surface area contributed by atoms with Crippen LogP contribution >= 0.6 is 0 Å². The van der Waals surface area contributed by atoms with Crippen molar-refractivity contribution in [3.05, 3.63) is 77.5 Å². The first-order valence-electron chi connectivity index (χ1n) is 10.1. The minimum Gasteiger partial charge on any atom is -0.435 e. The highest BCUT2D eigenvalue weighted by Crippen LogP contribution is 2.26. The Hall–Kier alpha value is -3.81. The average molecular weight is 436 g/mol. The fourth-order valence-corrected chi connectivity index (χ4v) is 3.63. The van der Waals surface area contributed by atoms with E-state index in [2.05, 4.69) is 15.2 Å². The minimum atomic E-state index is -2.85. The summed E-state index contributed by atoms with van der Waals surface area (Å²) in [5.74, 6) is -0.115. The maximum absolute atomic E-state index is 13.1. The summed E-state index contributed by atoms with van der Waals surface area (Å²) >= 11 is 0. The van der Waals surface area contributed by atoms with Crippen molar-refractivity contribution < 1.29 is 18.3 Å². The third-order valence-corrected chi connectivity index (χ3v) is 5.13. The van der Waals surface area contributed by atoms with Gasteiger partial charge in [-0.05, 0) is 37.1 Å². The normalized spacial score (nSPS) is 11.2. The zero-order valence-electron chi connectivity index (χ0n) is 17.7. The maximum atomic E-state index is 13.1. The number of carbonyl (C=O) groups excluding carboxylic acids is 1. The Labute approximate surface area is 183 Å². The number of hydrogen-bond donors (Lipinski definition) is 1. The molecule has 0 unspecified atom stereocenters. The number of halogens is 2. The Kier molecular flexibility index (Phi) is 6.11. The second kappa shape index (κ2) is 9.13. The van der Waals surface area contributed by atoms with Crippen LogP contribution in [0.2, 0.25) is 0 Å². The van der Waals surface area contributed by atoms with Crippen molar-refractivity contribution in [2.24, 2.45) is 7.05 Å². The lowest BCUT2D eigenvalue weighted by molar-refractivity contribution is -0.0498. The van der Waals surface area contributed by atoms with Crippen molar-refractivity contribution in [2.45, 2.75) is 20.0 Å². The summed E-state index contributed by atoms with van der Waals surface area (Å²) in [5.41, 5.74) is 4.39. The summed E-state index contributed by atoms with van der Waals surface area (Å²) < 4.78 is 30.6. The molecule has 8 heteroatoms. The van der Waals surface area contributed by atoms with Gasteiger partial charge >= 0.3 is 6.61 Å². The van der Waals surface area contributed by atoms with Crippen molar-refractivity contribution >= 4 is 16.9 Å². The first kappa shape index (κ1) is 21.4. The molecule has 4 rings (SSSR count). The third-order valence-electron chi connectivity index (χ3n) is 5.13. The van der Waals surface area contributed by atoms with Gasteiger partial charge in [-0.2, -0.15) is 13.9 Å². The van der Waals surface area contributed by atoms with Gasteiger partial charge in [0.25, 0.3) is 5.91 Å². The minimum absolute atomic E-state index is 0.104. The van der Waals surface area contributed by atoms with Crippen LogP contribution in [0.1, 0.15) is 21.6 Å². The third kappa shape index (κ3) is 4.59. The van der Waals surface area contributed by atoms with Crippen LogP contribution in [-0.4, -0.2) is 33.8 Å². The zero-order chi connectivity index (χ0) is 22.7. The zero-order valence-corrected chi connectivity index (χ0v) is 17.7. The fourth-order valence-electron chi connectivity index (χ4n) is 3.63. The molecular formula is C24H22F2N4O2. The number of ether oxygens (including phenoxy) is 1. The lowest BCUT2D eigenvalue weighted by atomic mass is 10.0. The van der Waals surface area contributed by atoms with Crippen molar-refractivity contribution in [3.63, 3.8) is 0 Å². The molecule has 0 radical (unpaired) electrons. The van der Waals surface area contributed by atoms with E-state index in [0.717, 1.165) is 22.2 Å². The molecule has 0 aliphatic heterocycles. The molecule has 1 N–H and O–H groups in total. The molecule has 0 atom stereocenters. The van der Waals surface area contributed by atoms with Crippen LogP contribution in [0.25, 0.3) is 22.3 Å². The fraction of sp³-hybridized carbons (Fsp3) is 0.208. The molecule has 0 spiro atoms. The van der Waals surface area contributed by atoms with E-state index in [4.69, 9.17) is 4.98 Å². The highest BCUT2D eigenvalue weighted by Gasteiger charge is 2.19. The second-order valence-electron chi connectivity index (χ2n) is 7.36. The Morgan fingerprint density at radius 2 is 1.84 bits per heavy atom. The number of fused-ring (bicyclic) bond motifs is 1. The van der Waals surface area contributed by atoms with E-state index >= 15 is 0 Å². The Morgan fingerprint density at radius 1 is 1.12 bits per heavy atom. The molecule has 0 fully saturated rings. The monoisotopic (exact) mass is 436 g/mol. The van der Waals surface area contributed by atoms with Crippen LogP contribution in [0.3, 0.4) is 0 Å². The van der Waals surface area contributed by atoms with Crippen molar-refractivity contribution in [2.75, 3.05) is 6.54 Å². The summed E-state index contributed by atoms with van der Waals surface area (Å²) in [6.45, 7) is -0.613. The van der Waals surface area contributed by atoms with E-state index in [9.17, 15) is 13.6 Å². The van der Waals surface area contributed by atoms with E-state index < -0.39 is 6.61 Å². The molecule has 0 aliphatic carbocycles. The average Bonchev–Trinajstić information content (AvgIpc) is 3.08. The summed E-state index contributed by atoms with van der Waals surface area (Å²) in [7, 11) is 1.81. The Bertz CT molecular complexity index is 1240. The maximum Gasteiger partial charge on any atom is 0.387 e. The highest BCUT2D eigenvalue weighted by atomic mass is 19.3. The number of pyridine rings is 1. The molecule has 6 nitrogen and oxygen atoms in total. The molecule has 164 valence electrons. The number of hydrogen-bond acceptors (Lipinski definition) is 4. The quantitative estimate of drug-likeness (QED) is 0.463. The molecule has 0 saturated carbocycles. The molecule has 2 heterocycles. The Morgan fingerprint density at radius 3 is 2.53 bits per heavy atom. The van der Waals surface area contributed by atoms with Crippen LogP contribution in [-0.2, 0) is 13.5 Å². The van der Waals surface area contributed by atoms with Crippen LogP contribution in [0, 0.1) is 6.92 Å². The molecule has 0 aliphatic rings. The van der Waals surface area contributed by atoms with Crippen LogP contribution in [0.4, 0.5) is 8.78 Å². The topological polar surface area (TPSA) is 69.0 Å². The number of rotatable bonds is 7. The van der Waals surface area contributed by atoms with Gasteiger partial charge in [0.2, 0.25) is 0 Å². The van der Waals surface area contributed by atoms with Gasteiger partial charge in [0.15, 0.2) is 5.65 Å². The predicted octanol–water partition coefficient (Wildman–Crippen LogP) is 4.52. The molecule has 0 saturated heterocycles. The van der Waals surface area contributed by atoms with Gasteiger partial charge < -0.3 is 10.1 Å². The lowest BCUT2D eigenvalue weighted by Crippen LogP contribution is -2.26. The molecular weight excluding hydrogens is 414 g/mol. The standard InChI is InChI=1S/C24H22F2N4O2/c1-15-21-19(14-20(17-6-4-3-5-7-17)28-22(21)30(2)29-15)23(31)27-13-12-16-8-10-18(11-9-16)32-24(25)26/h3-11,14,24H,12-13H2,1-2H3,(H,27,31). The number of benzene rings is 2. The smallest absolute Gasteiger partial charge is 0.387 e. The first-order valence-corrected chi connectivity index (χ1v) is 10.1.